The molecule has 3 rings (SSSR count). The summed E-state index contributed by atoms with van der Waals surface area (Å²) in [5.41, 5.74) is 2.36. The number of carbonyl (C=O) groups excluding carboxylic acids is 1. The van der Waals surface area contributed by atoms with Gasteiger partial charge in [-0.05, 0) is 37.3 Å². The van der Waals surface area contributed by atoms with Gasteiger partial charge in [0, 0.05) is 43.4 Å². The van der Waals surface area contributed by atoms with Crippen molar-refractivity contribution in [1.82, 2.24) is 15.0 Å². The highest BCUT2D eigenvalue weighted by molar-refractivity contribution is 6.04. The Morgan fingerprint density at radius 3 is 2.41 bits per heavy atom. The zero-order valence-corrected chi connectivity index (χ0v) is 15.2. The van der Waals surface area contributed by atoms with E-state index in [0.717, 1.165) is 29.5 Å². The Labute approximate surface area is 156 Å². The summed E-state index contributed by atoms with van der Waals surface area (Å²) in [4.78, 5) is 26.5. The molecule has 2 heterocycles. The van der Waals surface area contributed by atoms with Gasteiger partial charge >= 0.3 is 0 Å². The molecule has 2 N–H and O–H groups in total. The number of aromatic nitrogens is 3. The van der Waals surface area contributed by atoms with Gasteiger partial charge in [-0.2, -0.15) is 4.98 Å². The Hall–Kier alpha value is -3.55. The van der Waals surface area contributed by atoms with Crippen LogP contribution in [0.2, 0.25) is 0 Å². The molecule has 7 nitrogen and oxygen atoms in total. The number of rotatable bonds is 5. The molecule has 0 aliphatic carbocycles. The first-order valence-electron chi connectivity index (χ1n) is 8.23. The van der Waals surface area contributed by atoms with E-state index < -0.39 is 11.7 Å². The van der Waals surface area contributed by atoms with Gasteiger partial charge in [-0.15, -0.1) is 0 Å². The summed E-state index contributed by atoms with van der Waals surface area (Å²) < 4.78 is 13.2. The molecule has 0 spiro atoms. The third-order valence-corrected chi connectivity index (χ3v) is 3.66. The highest BCUT2D eigenvalue weighted by Crippen LogP contribution is 2.19. The fourth-order valence-electron chi connectivity index (χ4n) is 2.34. The lowest BCUT2D eigenvalue weighted by atomic mass is 10.2. The topological polar surface area (TPSA) is 83.0 Å². The van der Waals surface area contributed by atoms with E-state index in [0.29, 0.717) is 11.6 Å². The maximum Gasteiger partial charge on any atom is 0.257 e. The summed E-state index contributed by atoms with van der Waals surface area (Å²) in [6, 6.07) is 10.1. The van der Waals surface area contributed by atoms with Gasteiger partial charge in [-0.25, -0.2) is 9.37 Å². The predicted molar refractivity (Wildman–Crippen MR) is 103 cm³/mol. The fraction of sp³-hybridized carbons (Fsp3) is 0.158. The number of nitrogens with one attached hydrogen (secondary N) is 2. The van der Waals surface area contributed by atoms with Crippen LogP contribution in [0.4, 0.5) is 27.5 Å². The molecule has 0 aliphatic rings. The van der Waals surface area contributed by atoms with E-state index in [9.17, 15) is 9.18 Å². The smallest absolute Gasteiger partial charge is 0.257 e. The average molecular weight is 366 g/mol. The van der Waals surface area contributed by atoms with Gasteiger partial charge in [-0.1, -0.05) is 0 Å². The van der Waals surface area contributed by atoms with E-state index in [4.69, 9.17) is 0 Å². The van der Waals surface area contributed by atoms with Crippen LogP contribution in [-0.2, 0) is 0 Å². The molecular formula is C19H19FN6O. The molecule has 8 heteroatoms. The van der Waals surface area contributed by atoms with Gasteiger partial charge in [0.2, 0.25) is 5.95 Å². The lowest BCUT2D eigenvalue weighted by molar-refractivity contribution is 0.102. The van der Waals surface area contributed by atoms with Gasteiger partial charge in [0.15, 0.2) is 0 Å². The number of nitrogens with zero attached hydrogens (tertiary/aromatic N) is 4. The van der Waals surface area contributed by atoms with Crippen molar-refractivity contribution in [2.24, 2.45) is 0 Å². The van der Waals surface area contributed by atoms with Gasteiger partial charge in [-0.3, -0.25) is 9.78 Å². The number of hydrogen-bond donors (Lipinski definition) is 2. The highest BCUT2D eigenvalue weighted by atomic mass is 19.1. The third-order valence-electron chi connectivity index (χ3n) is 3.66. The maximum absolute atomic E-state index is 13.2. The minimum Gasteiger partial charge on any atom is -0.363 e. The van der Waals surface area contributed by atoms with Crippen molar-refractivity contribution in [2.75, 3.05) is 29.6 Å². The zero-order chi connectivity index (χ0) is 19.4. The number of hydrogen-bond acceptors (Lipinski definition) is 6. The third kappa shape index (κ3) is 4.75. The average Bonchev–Trinajstić information content (AvgIpc) is 2.63. The van der Waals surface area contributed by atoms with Gasteiger partial charge in [0.25, 0.3) is 5.91 Å². The molecule has 3 aromatic rings. The SMILES string of the molecule is Cc1cc(N(C)C)nc(Nc2ccc(NC(=O)c3cncc(F)c3)cc2)n1. The summed E-state index contributed by atoms with van der Waals surface area (Å²) in [5.74, 6) is 0.303. The van der Waals surface area contributed by atoms with Crippen molar-refractivity contribution in [3.05, 3.63) is 65.9 Å². The van der Waals surface area contributed by atoms with Crippen LogP contribution in [0.3, 0.4) is 0 Å². The van der Waals surface area contributed by atoms with Crippen molar-refractivity contribution in [1.29, 1.82) is 0 Å². The lowest BCUT2D eigenvalue weighted by Gasteiger charge is -2.14. The van der Waals surface area contributed by atoms with E-state index in [1.54, 1.807) is 24.3 Å². The van der Waals surface area contributed by atoms with Crippen LogP contribution >= 0.6 is 0 Å². The molecule has 0 radical (unpaired) electrons. The molecule has 0 bridgehead atoms. The molecule has 0 fully saturated rings. The van der Waals surface area contributed by atoms with Crippen LogP contribution in [0.5, 0.6) is 0 Å². The molecule has 27 heavy (non-hydrogen) atoms. The molecule has 0 saturated carbocycles. The fourth-order valence-corrected chi connectivity index (χ4v) is 2.34. The summed E-state index contributed by atoms with van der Waals surface area (Å²) in [7, 11) is 3.83. The Kier molecular flexibility index (Phi) is 5.25. The lowest BCUT2D eigenvalue weighted by Crippen LogP contribution is -2.13. The Morgan fingerprint density at radius 2 is 1.74 bits per heavy atom. The van der Waals surface area contributed by atoms with Crippen LogP contribution in [0.25, 0.3) is 0 Å². The molecule has 2 aromatic heterocycles. The first-order chi connectivity index (χ1) is 12.9. The van der Waals surface area contributed by atoms with E-state index in [1.807, 2.05) is 32.0 Å². The second-order valence-corrected chi connectivity index (χ2v) is 6.13. The van der Waals surface area contributed by atoms with E-state index >= 15 is 0 Å². The van der Waals surface area contributed by atoms with Crippen molar-refractivity contribution >= 4 is 29.0 Å². The maximum atomic E-state index is 13.2. The molecule has 1 amide bonds. The monoisotopic (exact) mass is 366 g/mol. The van der Waals surface area contributed by atoms with Crippen LogP contribution in [0.1, 0.15) is 16.1 Å². The van der Waals surface area contributed by atoms with Crippen LogP contribution < -0.4 is 15.5 Å². The number of pyridine rings is 1. The molecule has 0 atom stereocenters. The second kappa shape index (κ2) is 7.77. The number of halogens is 1. The van der Waals surface area contributed by atoms with Gasteiger partial charge < -0.3 is 15.5 Å². The minimum atomic E-state index is -0.558. The molecule has 0 saturated heterocycles. The van der Waals surface area contributed by atoms with E-state index in [1.165, 1.54) is 6.20 Å². The van der Waals surface area contributed by atoms with Crippen LogP contribution in [-0.4, -0.2) is 35.0 Å². The summed E-state index contributed by atoms with van der Waals surface area (Å²) >= 11 is 0. The van der Waals surface area contributed by atoms with Gasteiger partial charge in [0.05, 0.1) is 11.8 Å². The second-order valence-electron chi connectivity index (χ2n) is 6.13. The van der Waals surface area contributed by atoms with Crippen LogP contribution in [0, 0.1) is 12.7 Å². The standard InChI is InChI=1S/C19H19FN6O/c1-12-8-17(26(2)3)25-19(22-12)24-16-6-4-15(5-7-16)23-18(27)13-9-14(20)11-21-10-13/h4-11H,1-3H3,(H,23,27)(H,22,24,25). The molecular weight excluding hydrogens is 347 g/mol. The van der Waals surface area contributed by atoms with Gasteiger partial charge in [0.1, 0.15) is 11.6 Å². The van der Waals surface area contributed by atoms with Crippen molar-refractivity contribution in [3.8, 4) is 0 Å². The first-order valence-corrected chi connectivity index (χ1v) is 8.23. The number of carbonyl (C=O) groups is 1. The Balaban J connectivity index is 1.70. The largest absolute Gasteiger partial charge is 0.363 e. The van der Waals surface area contributed by atoms with E-state index in [-0.39, 0.29) is 5.56 Å². The van der Waals surface area contributed by atoms with E-state index in [2.05, 4.69) is 25.6 Å². The molecule has 0 unspecified atom stereocenters. The first kappa shape index (κ1) is 18.2. The van der Waals surface area contributed by atoms with Crippen molar-refractivity contribution in [3.63, 3.8) is 0 Å². The molecule has 1 aromatic carbocycles. The normalized spacial score (nSPS) is 10.4. The number of amides is 1. The quantitative estimate of drug-likeness (QED) is 0.720. The molecule has 138 valence electrons. The predicted octanol–water partition coefficient (Wildman–Crippen LogP) is 3.38. The van der Waals surface area contributed by atoms with Crippen molar-refractivity contribution < 1.29 is 9.18 Å². The zero-order valence-electron chi connectivity index (χ0n) is 15.2. The minimum absolute atomic E-state index is 0.154. The Bertz CT molecular complexity index is 959. The summed E-state index contributed by atoms with van der Waals surface area (Å²) in [6.45, 7) is 1.90. The summed E-state index contributed by atoms with van der Waals surface area (Å²) in [6.07, 6.45) is 2.36. The number of anilines is 4. The van der Waals surface area contributed by atoms with Crippen LogP contribution in [0.15, 0.2) is 48.8 Å². The number of benzene rings is 1. The van der Waals surface area contributed by atoms with Crippen molar-refractivity contribution in [2.45, 2.75) is 6.92 Å². The Morgan fingerprint density at radius 1 is 1.04 bits per heavy atom. The molecule has 0 aliphatic heterocycles. The number of aryl methyl sites for hydroxylation is 1. The summed E-state index contributed by atoms with van der Waals surface area (Å²) in [5, 5.41) is 5.84. The highest BCUT2D eigenvalue weighted by Gasteiger charge is 2.08.